The van der Waals surface area contributed by atoms with E-state index in [1.165, 1.54) is 71.6 Å². The summed E-state index contributed by atoms with van der Waals surface area (Å²) in [5, 5.41) is 8.09. The van der Waals surface area contributed by atoms with E-state index in [0.717, 1.165) is 12.8 Å². The second-order valence-corrected chi connectivity index (χ2v) is 11.7. The highest BCUT2D eigenvalue weighted by Gasteiger charge is 2.36. The first-order valence-electron chi connectivity index (χ1n) is 14.8. The zero-order valence-corrected chi connectivity index (χ0v) is 23.1. The van der Waals surface area contributed by atoms with E-state index in [4.69, 9.17) is 0 Å². The van der Waals surface area contributed by atoms with E-state index in [0.29, 0.717) is 12.0 Å². The number of allylic oxidation sites excluding steroid dienone is 4. The first-order valence-corrected chi connectivity index (χ1v) is 14.8. The third-order valence-electron chi connectivity index (χ3n) is 9.42. The highest BCUT2D eigenvalue weighted by Crippen LogP contribution is 2.53. The summed E-state index contributed by atoms with van der Waals surface area (Å²) in [5.41, 5.74) is 9.60. The Morgan fingerprint density at radius 2 is 1.32 bits per heavy atom. The number of aromatic nitrogens is 2. The molecule has 7 aromatic rings. The number of rotatable bonds is 2. The largest absolute Gasteiger partial charge is 0.337 e. The molecular weight excluding hydrogens is 496 g/mol. The number of benzene rings is 5. The highest BCUT2D eigenvalue weighted by molar-refractivity contribution is 6.27. The monoisotopic (exact) mass is 526 g/mol. The van der Waals surface area contributed by atoms with Crippen molar-refractivity contribution in [3.8, 4) is 16.9 Å². The van der Waals surface area contributed by atoms with Gasteiger partial charge in [0.1, 0.15) is 0 Å². The summed E-state index contributed by atoms with van der Waals surface area (Å²) in [4.78, 5) is 0. The van der Waals surface area contributed by atoms with Crippen molar-refractivity contribution < 1.29 is 0 Å². The molecule has 0 aliphatic heterocycles. The Hall–Kier alpha value is -4.82. The molecule has 0 spiro atoms. The average molecular weight is 527 g/mol. The fourth-order valence-corrected chi connectivity index (χ4v) is 7.85. The molecule has 196 valence electrons. The van der Waals surface area contributed by atoms with Crippen LogP contribution in [0.25, 0.3) is 60.3 Å². The molecule has 0 N–H and O–H groups in total. The Morgan fingerprint density at radius 1 is 0.659 bits per heavy atom. The molecule has 2 aliphatic rings. The smallest absolute Gasteiger partial charge is 0.0622 e. The molecule has 0 radical (unpaired) electrons. The van der Waals surface area contributed by atoms with Gasteiger partial charge in [0.25, 0.3) is 0 Å². The molecule has 0 saturated carbocycles. The average Bonchev–Trinajstić information content (AvgIpc) is 3.56. The minimum absolute atomic E-state index is 0.332. The van der Waals surface area contributed by atoms with Gasteiger partial charge in [-0.1, -0.05) is 116 Å². The van der Waals surface area contributed by atoms with Crippen molar-refractivity contribution in [1.82, 2.24) is 9.13 Å². The van der Waals surface area contributed by atoms with Crippen LogP contribution in [0.3, 0.4) is 0 Å². The lowest BCUT2D eigenvalue weighted by atomic mass is 9.83. The van der Waals surface area contributed by atoms with Gasteiger partial charge in [-0.2, -0.15) is 0 Å². The maximum Gasteiger partial charge on any atom is 0.0622 e. The summed E-state index contributed by atoms with van der Waals surface area (Å²) in [6, 6.07) is 38.4. The molecule has 0 saturated heterocycles. The third kappa shape index (κ3) is 3.08. The maximum absolute atomic E-state index is 2.65. The quantitative estimate of drug-likeness (QED) is 0.198. The Kier molecular flexibility index (Phi) is 4.81. The zero-order valence-electron chi connectivity index (χ0n) is 23.1. The molecule has 5 aromatic carbocycles. The number of nitrogens with zero attached hydrogens (tertiary/aromatic N) is 2. The zero-order chi connectivity index (χ0) is 27.1. The normalized spacial score (nSPS) is 18.0. The molecule has 2 atom stereocenters. The fraction of sp³-hybridized carbons (Fsp3) is 0.128. The van der Waals surface area contributed by atoms with Crippen LogP contribution in [0.2, 0.25) is 0 Å². The van der Waals surface area contributed by atoms with Crippen molar-refractivity contribution in [2.75, 3.05) is 0 Å². The van der Waals surface area contributed by atoms with E-state index in [1.807, 2.05) is 0 Å². The molecule has 2 unspecified atom stereocenters. The van der Waals surface area contributed by atoms with Gasteiger partial charge in [-0.15, -0.1) is 0 Å². The van der Waals surface area contributed by atoms with E-state index in [1.54, 1.807) is 0 Å². The van der Waals surface area contributed by atoms with Crippen LogP contribution < -0.4 is 0 Å². The van der Waals surface area contributed by atoms with E-state index in [2.05, 4.69) is 143 Å². The number of para-hydroxylation sites is 2. The van der Waals surface area contributed by atoms with E-state index in [-0.39, 0.29) is 0 Å². The van der Waals surface area contributed by atoms with Crippen LogP contribution in [-0.4, -0.2) is 9.13 Å². The van der Waals surface area contributed by atoms with Gasteiger partial charge >= 0.3 is 0 Å². The van der Waals surface area contributed by atoms with Crippen LogP contribution in [-0.2, 0) is 6.42 Å². The minimum Gasteiger partial charge on any atom is -0.337 e. The summed E-state index contributed by atoms with van der Waals surface area (Å²) < 4.78 is 5.24. The fourth-order valence-electron chi connectivity index (χ4n) is 7.85. The Morgan fingerprint density at radius 3 is 2.07 bits per heavy atom. The number of fused-ring (bicyclic) bond motifs is 12. The third-order valence-corrected chi connectivity index (χ3v) is 9.42. The van der Waals surface area contributed by atoms with Gasteiger partial charge in [0.15, 0.2) is 0 Å². The molecule has 41 heavy (non-hydrogen) atoms. The highest BCUT2D eigenvalue weighted by atomic mass is 15.1. The van der Waals surface area contributed by atoms with Crippen LogP contribution in [0, 0.1) is 0 Å². The molecule has 2 nitrogen and oxygen atoms in total. The van der Waals surface area contributed by atoms with Gasteiger partial charge in [-0.05, 0) is 58.7 Å². The predicted molar refractivity (Wildman–Crippen MR) is 173 cm³/mol. The lowest BCUT2D eigenvalue weighted by Gasteiger charge is -2.27. The summed E-state index contributed by atoms with van der Waals surface area (Å²) in [6.07, 6.45) is 11.1. The van der Waals surface area contributed by atoms with Gasteiger partial charge in [0, 0.05) is 38.6 Å². The van der Waals surface area contributed by atoms with Crippen molar-refractivity contribution >= 4 is 43.4 Å². The molecule has 2 heteroatoms. The molecule has 0 amide bonds. The van der Waals surface area contributed by atoms with E-state index < -0.39 is 0 Å². The second-order valence-electron chi connectivity index (χ2n) is 11.7. The van der Waals surface area contributed by atoms with Crippen LogP contribution >= 0.6 is 0 Å². The van der Waals surface area contributed by atoms with Crippen molar-refractivity contribution in [2.45, 2.75) is 31.7 Å². The minimum atomic E-state index is 0.332. The molecular formula is C39H30N2. The van der Waals surface area contributed by atoms with Gasteiger partial charge in [-0.3, -0.25) is 0 Å². The summed E-state index contributed by atoms with van der Waals surface area (Å²) >= 11 is 0. The number of hydrogen-bond donors (Lipinski definition) is 0. The standard InChI is InChI=1S/C39H30N2/c1-25-24-34-36(32-22-12-13-23-33(32)40(34)26-14-4-2-5-15-26)39-35(25)37-30-20-10-8-18-28(30)29-19-9-11-21-31(29)38(37)41(39)27-16-6-3-7-17-27/h2-14,16-23,25-26H,15,24H2,1H3. The molecule has 9 rings (SSSR count). The lowest BCUT2D eigenvalue weighted by Crippen LogP contribution is -2.16. The molecule has 2 aliphatic carbocycles. The van der Waals surface area contributed by atoms with Crippen LogP contribution in [0.5, 0.6) is 0 Å². The molecule has 0 bridgehead atoms. The van der Waals surface area contributed by atoms with Crippen LogP contribution in [0.1, 0.15) is 36.6 Å². The van der Waals surface area contributed by atoms with Crippen molar-refractivity contribution in [1.29, 1.82) is 0 Å². The second kappa shape index (κ2) is 8.59. The summed E-state index contributed by atoms with van der Waals surface area (Å²) in [5.74, 6) is 0.376. The van der Waals surface area contributed by atoms with Crippen molar-refractivity contribution in [3.05, 3.63) is 139 Å². The van der Waals surface area contributed by atoms with Gasteiger partial charge < -0.3 is 9.13 Å². The van der Waals surface area contributed by atoms with E-state index >= 15 is 0 Å². The Balaban J connectivity index is 1.54. The van der Waals surface area contributed by atoms with Gasteiger partial charge in [0.05, 0.1) is 17.3 Å². The summed E-state index contributed by atoms with van der Waals surface area (Å²) in [7, 11) is 0. The number of hydrogen-bond acceptors (Lipinski definition) is 0. The lowest BCUT2D eigenvalue weighted by molar-refractivity contribution is 0.582. The first-order chi connectivity index (χ1) is 20.3. The predicted octanol–water partition coefficient (Wildman–Crippen LogP) is 10.3. The first kappa shape index (κ1) is 22.9. The van der Waals surface area contributed by atoms with Crippen LogP contribution in [0.4, 0.5) is 0 Å². The van der Waals surface area contributed by atoms with Gasteiger partial charge in [-0.25, -0.2) is 0 Å². The van der Waals surface area contributed by atoms with Crippen molar-refractivity contribution in [3.63, 3.8) is 0 Å². The topological polar surface area (TPSA) is 9.86 Å². The summed E-state index contributed by atoms with van der Waals surface area (Å²) in [6.45, 7) is 2.44. The Bertz CT molecular complexity index is 2220. The van der Waals surface area contributed by atoms with Crippen LogP contribution in [0.15, 0.2) is 127 Å². The molecule has 2 aromatic heterocycles. The van der Waals surface area contributed by atoms with Gasteiger partial charge in [0.2, 0.25) is 0 Å². The van der Waals surface area contributed by atoms with E-state index in [9.17, 15) is 0 Å². The molecule has 2 heterocycles. The SMILES string of the molecule is CC1Cc2c(c3ccccc3n2C2C=CC=CC2)-c2c1c1c3ccccc3c3ccccc3c1n2-c1ccccc1. The Labute approximate surface area is 239 Å². The molecule has 0 fully saturated rings. The maximum atomic E-state index is 2.65. The van der Waals surface area contributed by atoms with Crippen molar-refractivity contribution in [2.24, 2.45) is 0 Å².